The lowest BCUT2D eigenvalue weighted by Gasteiger charge is -2.11. The molecular formula is C19H16N2O3S. The Morgan fingerprint density at radius 3 is 2.24 bits per heavy atom. The Bertz CT molecular complexity index is 1020. The van der Waals surface area contributed by atoms with Crippen molar-refractivity contribution in [3.63, 3.8) is 0 Å². The van der Waals surface area contributed by atoms with Crippen LogP contribution < -0.4 is 10.5 Å². The van der Waals surface area contributed by atoms with E-state index in [2.05, 4.69) is 5.32 Å². The van der Waals surface area contributed by atoms with E-state index in [1.165, 1.54) is 18.2 Å². The summed E-state index contributed by atoms with van der Waals surface area (Å²) in [5.41, 5.74) is 2.57. The highest BCUT2D eigenvalue weighted by atomic mass is 32.2. The van der Waals surface area contributed by atoms with E-state index >= 15 is 0 Å². The summed E-state index contributed by atoms with van der Waals surface area (Å²) < 4.78 is 22.9. The number of hydrogen-bond donors (Lipinski definition) is 2. The largest absolute Gasteiger partial charge is 0.322 e. The van der Waals surface area contributed by atoms with Crippen molar-refractivity contribution in [2.45, 2.75) is 4.90 Å². The van der Waals surface area contributed by atoms with Gasteiger partial charge in [-0.25, -0.2) is 13.6 Å². The molecule has 0 heterocycles. The number of carbonyl (C=O) groups is 1. The molecule has 6 heteroatoms. The standard InChI is InChI=1S/C19H16N2O3S/c20-25(23,24)16-10-6-9-15(13-16)21-19(22)18-12-5-4-11-17(18)14-7-2-1-3-8-14/h1-13H,(H,21,22)(H2,20,23,24). The molecule has 0 fully saturated rings. The molecule has 3 N–H and O–H groups in total. The molecule has 3 rings (SSSR count). The Labute approximate surface area is 146 Å². The van der Waals surface area contributed by atoms with E-state index in [-0.39, 0.29) is 10.8 Å². The number of anilines is 1. The Morgan fingerprint density at radius 2 is 1.52 bits per heavy atom. The fourth-order valence-electron chi connectivity index (χ4n) is 2.50. The summed E-state index contributed by atoms with van der Waals surface area (Å²) in [5, 5.41) is 7.85. The van der Waals surface area contributed by atoms with Gasteiger partial charge in [-0.2, -0.15) is 0 Å². The molecule has 0 atom stereocenters. The first-order valence-electron chi connectivity index (χ1n) is 7.54. The van der Waals surface area contributed by atoms with Gasteiger partial charge >= 0.3 is 0 Å². The molecule has 25 heavy (non-hydrogen) atoms. The number of hydrogen-bond acceptors (Lipinski definition) is 3. The van der Waals surface area contributed by atoms with Crippen molar-refractivity contribution in [3.8, 4) is 11.1 Å². The van der Waals surface area contributed by atoms with Crippen LogP contribution in [-0.2, 0) is 10.0 Å². The number of rotatable bonds is 4. The van der Waals surface area contributed by atoms with Gasteiger partial charge in [0.15, 0.2) is 0 Å². The molecule has 3 aromatic carbocycles. The van der Waals surface area contributed by atoms with Crippen molar-refractivity contribution in [1.82, 2.24) is 0 Å². The second kappa shape index (κ2) is 6.88. The van der Waals surface area contributed by atoms with E-state index in [4.69, 9.17) is 5.14 Å². The Kier molecular flexibility index (Phi) is 4.65. The van der Waals surface area contributed by atoms with Crippen LogP contribution in [0.1, 0.15) is 10.4 Å². The topological polar surface area (TPSA) is 89.3 Å². The first kappa shape index (κ1) is 16.9. The first-order chi connectivity index (χ1) is 11.9. The van der Waals surface area contributed by atoms with Crippen molar-refractivity contribution in [1.29, 1.82) is 0 Å². The van der Waals surface area contributed by atoms with Gasteiger partial charge in [0, 0.05) is 11.3 Å². The summed E-state index contributed by atoms with van der Waals surface area (Å²) in [6.07, 6.45) is 0. The molecule has 126 valence electrons. The lowest BCUT2D eigenvalue weighted by molar-refractivity contribution is 0.102. The zero-order valence-electron chi connectivity index (χ0n) is 13.2. The lowest BCUT2D eigenvalue weighted by atomic mass is 9.99. The molecular weight excluding hydrogens is 336 g/mol. The van der Waals surface area contributed by atoms with Crippen LogP contribution in [0.4, 0.5) is 5.69 Å². The number of sulfonamides is 1. The average Bonchev–Trinajstić information content (AvgIpc) is 2.62. The van der Waals surface area contributed by atoms with E-state index in [1.807, 2.05) is 42.5 Å². The van der Waals surface area contributed by atoms with Crippen LogP contribution in [0.5, 0.6) is 0 Å². The van der Waals surface area contributed by atoms with E-state index < -0.39 is 10.0 Å². The second-order valence-electron chi connectivity index (χ2n) is 5.44. The number of primary sulfonamides is 1. The maximum absolute atomic E-state index is 12.7. The normalized spacial score (nSPS) is 11.1. The lowest BCUT2D eigenvalue weighted by Crippen LogP contribution is -2.15. The van der Waals surface area contributed by atoms with Gasteiger partial charge in [-0.15, -0.1) is 0 Å². The van der Waals surface area contributed by atoms with E-state index in [0.29, 0.717) is 11.3 Å². The van der Waals surface area contributed by atoms with Crippen LogP contribution in [-0.4, -0.2) is 14.3 Å². The summed E-state index contributed by atoms with van der Waals surface area (Å²) in [4.78, 5) is 12.6. The molecule has 3 aromatic rings. The number of benzene rings is 3. The zero-order valence-corrected chi connectivity index (χ0v) is 14.0. The van der Waals surface area contributed by atoms with Crippen molar-refractivity contribution in [3.05, 3.63) is 84.4 Å². The van der Waals surface area contributed by atoms with Crippen molar-refractivity contribution in [2.24, 2.45) is 5.14 Å². The summed E-state index contributed by atoms with van der Waals surface area (Å²) >= 11 is 0. The van der Waals surface area contributed by atoms with Gasteiger partial charge in [0.05, 0.1) is 4.90 Å². The monoisotopic (exact) mass is 352 g/mol. The van der Waals surface area contributed by atoms with Gasteiger partial charge in [0.2, 0.25) is 10.0 Å². The Balaban J connectivity index is 1.93. The molecule has 0 spiro atoms. The van der Waals surface area contributed by atoms with Crippen LogP contribution in [0.2, 0.25) is 0 Å². The predicted octanol–water partition coefficient (Wildman–Crippen LogP) is 3.25. The van der Waals surface area contributed by atoms with Gasteiger partial charge in [0.25, 0.3) is 5.91 Å². The maximum Gasteiger partial charge on any atom is 0.256 e. The van der Waals surface area contributed by atoms with Gasteiger partial charge in [-0.3, -0.25) is 4.79 Å². The predicted molar refractivity (Wildman–Crippen MR) is 97.6 cm³/mol. The van der Waals surface area contributed by atoms with Crippen LogP contribution in [0.15, 0.2) is 83.8 Å². The van der Waals surface area contributed by atoms with Crippen LogP contribution in [0.25, 0.3) is 11.1 Å². The summed E-state index contributed by atoms with van der Waals surface area (Å²) in [6, 6.07) is 22.6. The summed E-state index contributed by atoms with van der Waals surface area (Å²) in [5.74, 6) is -0.328. The SMILES string of the molecule is NS(=O)(=O)c1cccc(NC(=O)c2ccccc2-c2ccccc2)c1. The molecule has 0 aliphatic heterocycles. The first-order valence-corrected chi connectivity index (χ1v) is 9.08. The average molecular weight is 352 g/mol. The summed E-state index contributed by atoms with van der Waals surface area (Å²) in [6.45, 7) is 0. The zero-order chi connectivity index (χ0) is 17.9. The minimum atomic E-state index is -3.83. The molecule has 0 aliphatic carbocycles. The smallest absolute Gasteiger partial charge is 0.256 e. The molecule has 0 bridgehead atoms. The molecule has 0 saturated carbocycles. The number of nitrogens with two attached hydrogens (primary N) is 1. The molecule has 0 unspecified atom stereocenters. The van der Waals surface area contributed by atoms with E-state index in [0.717, 1.165) is 11.1 Å². The van der Waals surface area contributed by atoms with E-state index in [1.54, 1.807) is 18.2 Å². The Morgan fingerprint density at radius 1 is 0.840 bits per heavy atom. The fourth-order valence-corrected chi connectivity index (χ4v) is 3.06. The quantitative estimate of drug-likeness (QED) is 0.755. The molecule has 0 aliphatic rings. The number of carbonyl (C=O) groups excluding carboxylic acids is 1. The molecule has 5 nitrogen and oxygen atoms in total. The highest BCUT2D eigenvalue weighted by Crippen LogP contribution is 2.24. The second-order valence-corrected chi connectivity index (χ2v) is 7.00. The third-order valence-corrected chi connectivity index (χ3v) is 4.59. The van der Waals surface area contributed by atoms with Crippen LogP contribution in [0.3, 0.4) is 0 Å². The third-order valence-electron chi connectivity index (χ3n) is 3.68. The fraction of sp³-hybridized carbons (Fsp3) is 0. The van der Waals surface area contributed by atoms with Crippen LogP contribution >= 0.6 is 0 Å². The third kappa shape index (κ3) is 3.93. The highest BCUT2D eigenvalue weighted by molar-refractivity contribution is 7.89. The minimum absolute atomic E-state index is 0.0540. The van der Waals surface area contributed by atoms with Gasteiger partial charge in [-0.1, -0.05) is 54.6 Å². The summed E-state index contributed by atoms with van der Waals surface area (Å²) in [7, 11) is -3.83. The molecule has 0 aromatic heterocycles. The highest BCUT2D eigenvalue weighted by Gasteiger charge is 2.14. The van der Waals surface area contributed by atoms with Crippen molar-refractivity contribution in [2.75, 3.05) is 5.32 Å². The molecule has 1 amide bonds. The van der Waals surface area contributed by atoms with Crippen molar-refractivity contribution >= 4 is 21.6 Å². The van der Waals surface area contributed by atoms with Crippen LogP contribution in [0, 0.1) is 0 Å². The molecule has 0 radical (unpaired) electrons. The molecule has 0 saturated heterocycles. The maximum atomic E-state index is 12.7. The Hall–Kier alpha value is -2.96. The number of nitrogens with one attached hydrogen (secondary N) is 1. The van der Waals surface area contributed by atoms with Gasteiger partial charge in [0.1, 0.15) is 0 Å². The minimum Gasteiger partial charge on any atom is -0.322 e. The van der Waals surface area contributed by atoms with Gasteiger partial charge in [-0.05, 0) is 35.4 Å². The van der Waals surface area contributed by atoms with Gasteiger partial charge < -0.3 is 5.32 Å². The number of amides is 1. The van der Waals surface area contributed by atoms with E-state index in [9.17, 15) is 13.2 Å². The van der Waals surface area contributed by atoms with Crippen molar-refractivity contribution < 1.29 is 13.2 Å².